The Balaban J connectivity index is 1.90. The first-order valence-corrected chi connectivity index (χ1v) is 7.48. The fraction of sp³-hybridized carbons (Fsp3) is 1.00. The van der Waals surface area contributed by atoms with Gasteiger partial charge in [0.1, 0.15) is 0 Å². The zero-order chi connectivity index (χ0) is 12.4. The van der Waals surface area contributed by atoms with Gasteiger partial charge < -0.3 is 10.2 Å². The molecule has 2 aliphatic heterocycles. The summed E-state index contributed by atoms with van der Waals surface area (Å²) >= 11 is 0. The van der Waals surface area contributed by atoms with E-state index in [4.69, 9.17) is 0 Å². The Morgan fingerprint density at radius 3 is 2.59 bits per heavy atom. The molecule has 2 rings (SSSR count). The lowest BCUT2D eigenvalue weighted by atomic mass is 9.83. The lowest BCUT2D eigenvalue weighted by molar-refractivity contribution is 0.158. The predicted octanol–water partition coefficient (Wildman–Crippen LogP) is 2.89. The van der Waals surface area contributed by atoms with Crippen molar-refractivity contribution in [3.05, 3.63) is 0 Å². The second-order valence-corrected chi connectivity index (χ2v) is 7.07. The van der Waals surface area contributed by atoms with E-state index in [-0.39, 0.29) is 0 Å². The third-order valence-corrected chi connectivity index (χ3v) is 5.07. The zero-order valence-corrected chi connectivity index (χ0v) is 12.0. The van der Waals surface area contributed by atoms with Crippen LogP contribution in [0.2, 0.25) is 0 Å². The Kier molecular flexibility index (Phi) is 4.14. The molecule has 2 heterocycles. The predicted molar refractivity (Wildman–Crippen MR) is 74.3 cm³/mol. The van der Waals surface area contributed by atoms with Crippen molar-refractivity contribution in [3.63, 3.8) is 0 Å². The quantitative estimate of drug-likeness (QED) is 0.813. The van der Waals surface area contributed by atoms with Crippen LogP contribution in [0.3, 0.4) is 0 Å². The molecule has 0 aliphatic carbocycles. The van der Waals surface area contributed by atoms with E-state index in [0.29, 0.717) is 10.8 Å². The standard InChI is InChI=1S/C15H30N2/c1-4-15(7-9-16-12-15)13-17-10-5-6-14(2,3)8-11-17/h16H,4-13H2,1-3H3. The molecule has 0 spiro atoms. The van der Waals surface area contributed by atoms with E-state index < -0.39 is 0 Å². The van der Waals surface area contributed by atoms with Crippen LogP contribution in [0, 0.1) is 10.8 Å². The highest BCUT2D eigenvalue weighted by molar-refractivity contribution is 4.90. The van der Waals surface area contributed by atoms with E-state index in [1.807, 2.05) is 0 Å². The highest BCUT2D eigenvalue weighted by Gasteiger charge is 2.34. The summed E-state index contributed by atoms with van der Waals surface area (Å²) in [6.45, 7) is 13.7. The van der Waals surface area contributed by atoms with Crippen molar-refractivity contribution in [2.75, 3.05) is 32.7 Å². The van der Waals surface area contributed by atoms with Gasteiger partial charge in [-0.2, -0.15) is 0 Å². The number of hydrogen-bond donors (Lipinski definition) is 1. The lowest BCUT2D eigenvalue weighted by Gasteiger charge is -2.34. The molecule has 2 nitrogen and oxygen atoms in total. The van der Waals surface area contributed by atoms with Gasteiger partial charge in [-0.15, -0.1) is 0 Å². The molecule has 1 atom stereocenters. The minimum absolute atomic E-state index is 0.571. The second-order valence-electron chi connectivity index (χ2n) is 7.07. The molecule has 1 unspecified atom stereocenters. The maximum Gasteiger partial charge on any atom is 0.00505 e. The third-order valence-electron chi connectivity index (χ3n) is 5.07. The summed E-state index contributed by atoms with van der Waals surface area (Å²) in [5.41, 5.74) is 1.15. The number of nitrogens with one attached hydrogen (secondary N) is 1. The van der Waals surface area contributed by atoms with Crippen molar-refractivity contribution in [2.24, 2.45) is 10.8 Å². The Hall–Kier alpha value is -0.0800. The van der Waals surface area contributed by atoms with Gasteiger partial charge in [-0.3, -0.25) is 0 Å². The van der Waals surface area contributed by atoms with Gasteiger partial charge in [0.25, 0.3) is 0 Å². The maximum absolute atomic E-state index is 3.56. The van der Waals surface area contributed by atoms with Crippen molar-refractivity contribution < 1.29 is 0 Å². The van der Waals surface area contributed by atoms with Gasteiger partial charge in [0.15, 0.2) is 0 Å². The van der Waals surface area contributed by atoms with Gasteiger partial charge in [-0.1, -0.05) is 20.8 Å². The summed E-state index contributed by atoms with van der Waals surface area (Å²) in [6.07, 6.45) is 6.88. The van der Waals surface area contributed by atoms with Crippen LogP contribution in [-0.4, -0.2) is 37.6 Å². The summed E-state index contributed by atoms with van der Waals surface area (Å²) in [7, 11) is 0. The van der Waals surface area contributed by atoms with Crippen LogP contribution < -0.4 is 5.32 Å². The van der Waals surface area contributed by atoms with E-state index in [1.165, 1.54) is 64.8 Å². The molecule has 17 heavy (non-hydrogen) atoms. The number of likely N-dealkylation sites (tertiary alicyclic amines) is 1. The van der Waals surface area contributed by atoms with Crippen molar-refractivity contribution in [1.29, 1.82) is 0 Å². The largest absolute Gasteiger partial charge is 0.316 e. The minimum Gasteiger partial charge on any atom is -0.316 e. The fourth-order valence-corrected chi connectivity index (χ4v) is 3.46. The second kappa shape index (κ2) is 5.27. The van der Waals surface area contributed by atoms with Gasteiger partial charge >= 0.3 is 0 Å². The molecule has 0 aromatic carbocycles. The van der Waals surface area contributed by atoms with Crippen LogP contribution in [-0.2, 0) is 0 Å². The Morgan fingerprint density at radius 2 is 1.94 bits per heavy atom. The van der Waals surface area contributed by atoms with Gasteiger partial charge in [0.05, 0.1) is 0 Å². The van der Waals surface area contributed by atoms with E-state index in [2.05, 4.69) is 31.0 Å². The minimum atomic E-state index is 0.571. The van der Waals surface area contributed by atoms with Crippen molar-refractivity contribution in [2.45, 2.75) is 52.9 Å². The maximum atomic E-state index is 3.56. The molecular formula is C15H30N2. The lowest BCUT2D eigenvalue weighted by Crippen LogP contribution is -2.39. The molecule has 100 valence electrons. The first kappa shape index (κ1) is 13.4. The first-order chi connectivity index (χ1) is 8.05. The van der Waals surface area contributed by atoms with Crippen LogP contribution in [0.15, 0.2) is 0 Å². The fourth-order valence-electron chi connectivity index (χ4n) is 3.46. The summed E-state index contributed by atoms with van der Waals surface area (Å²) in [5.74, 6) is 0. The molecule has 0 radical (unpaired) electrons. The number of hydrogen-bond acceptors (Lipinski definition) is 2. The molecule has 2 heteroatoms. The average molecular weight is 238 g/mol. The molecule has 0 aromatic rings. The Morgan fingerprint density at radius 1 is 1.12 bits per heavy atom. The summed E-state index contributed by atoms with van der Waals surface area (Å²) in [6, 6.07) is 0. The van der Waals surface area contributed by atoms with E-state index >= 15 is 0 Å². The Labute approximate surface area is 107 Å². The Bertz CT molecular complexity index is 241. The molecule has 0 amide bonds. The van der Waals surface area contributed by atoms with Crippen molar-refractivity contribution >= 4 is 0 Å². The summed E-state index contributed by atoms with van der Waals surface area (Å²) in [5, 5.41) is 3.56. The third kappa shape index (κ3) is 3.45. The average Bonchev–Trinajstić information content (AvgIpc) is 2.68. The first-order valence-electron chi connectivity index (χ1n) is 7.48. The SMILES string of the molecule is CCC1(CN2CCCC(C)(C)CC2)CCNC1. The number of rotatable bonds is 3. The smallest absolute Gasteiger partial charge is 0.00505 e. The molecule has 0 bridgehead atoms. The summed E-state index contributed by atoms with van der Waals surface area (Å²) in [4.78, 5) is 2.74. The van der Waals surface area contributed by atoms with Crippen LogP contribution >= 0.6 is 0 Å². The van der Waals surface area contributed by atoms with Crippen LogP contribution in [0.1, 0.15) is 52.9 Å². The van der Waals surface area contributed by atoms with Gasteiger partial charge in [-0.05, 0) is 62.6 Å². The van der Waals surface area contributed by atoms with Gasteiger partial charge in [-0.25, -0.2) is 0 Å². The van der Waals surface area contributed by atoms with Gasteiger partial charge in [0, 0.05) is 13.1 Å². The molecule has 2 aliphatic rings. The summed E-state index contributed by atoms with van der Waals surface area (Å²) < 4.78 is 0. The monoisotopic (exact) mass is 238 g/mol. The van der Waals surface area contributed by atoms with E-state index in [9.17, 15) is 0 Å². The topological polar surface area (TPSA) is 15.3 Å². The number of nitrogens with zero attached hydrogens (tertiary/aromatic N) is 1. The molecular weight excluding hydrogens is 208 g/mol. The van der Waals surface area contributed by atoms with Crippen molar-refractivity contribution in [1.82, 2.24) is 10.2 Å². The molecule has 0 aromatic heterocycles. The molecule has 1 N–H and O–H groups in total. The molecule has 2 saturated heterocycles. The molecule has 2 fully saturated rings. The van der Waals surface area contributed by atoms with E-state index in [0.717, 1.165) is 0 Å². The highest BCUT2D eigenvalue weighted by Crippen LogP contribution is 2.34. The van der Waals surface area contributed by atoms with Gasteiger partial charge in [0.2, 0.25) is 0 Å². The zero-order valence-electron chi connectivity index (χ0n) is 12.0. The van der Waals surface area contributed by atoms with E-state index in [1.54, 1.807) is 0 Å². The normalized spacial score (nSPS) is 34.8. The van der Waals surface area contributed by atoms with Crippen LogP contribution in [0.25, 0.3) is 0 Å². The van der Waals surface area contributed by atoms with Crippen LogP contribution in [0.5, 0.6) is 0 Å². The van der Waals surface area contributed by atoms with Crippen molar-refractivity contribution in [3.8, 4) is 0 Å². The molecule has 0 saturated carbocycles. The van der Waals surface area contributed by atoms with Crippen LogP contribution in [0.4, 0.5) is 0 Å². The highest BCUT2D eigenvalue weighted by atomic mass is 15.1.